The van der Waals surface area contributed by atoms with Crippen LogP contribution in [-0.2, 0) is 16.9 Å². The molecule has 0 unspecified atom stereocenters. The summed E-state index contributed by atoms with van der Waals surface area (Å²) < 4.78 is 0. The van der Waals surface area contributed by atoms with Crippen molar-refractivity contribution < 1.29 is 4.79 Å². The van der Waals surface area contributed by atoms with Gasteiger partial charge in [0, 0.05) is 9.75 Å². The number of hydrogen-bond acceptors (Lipinski definition) is 3. The Morgan fingerprint density at radius 1 is 0.875 bits per heavy atom. The summed E-state index contributed by atoms with van der Waals surface area (Å²) in [6.07, 6.45) is 0. The van der Waals surface area contributed by atoms with E-state index in [1.165, 1.54) is 9.75 Å². The average Bonchev–Trinajstić information content (AvgIpc) is 3.37. The SMILES string of the molecule is Cc1ccc(-c2cccc(CN3C(=N)NC(c4ccccc4)(c4ccccc4)C3=O)c2)s1. The quantitative estimate of drug-likeness (QED) is 0.431. The highest BCUT2D eigenvalue weighted by Crippen LogP contribution is 2.36. The van der Waals surface area contributed by atoms with Crippen LogP contribution in [0.25, 0.3) is 10.4 Å². The predicted molar refractivity (Wildman–Crippen MR) is 130 cm³/mol. The van der Waals surface area contributed by atoms with Gasteiger partial charge in [-0.15, -0.1) is 11.3 Å². The van der Waals surface area contributed by atoms with Gasteiger partial charge in [0.15, 0.2) is 11.5 Å². The highest BCUT2D eigenvalue weighted by atomic mass is 32.1. The molecule has 2 N–H and O–H groups in total. The van der Waals surface area contributed by atoms with Crippen molar-refractivity contribution in [3.8, 4) is 10.4 Å². The van der Waals surface area contributed by atoms with E-state index in [1.54, 1.807) is 16.2 Å². The molecule has 3 aromatic carbocycles. The van der Waals surface area contributed by atoms with Crippen LogP contribution < -0.4 is 5.32 Å². The minimum absolute atomic E-state index is 0.111. The van der Waals surface area contributed by atoms with Gasteiger partial charge in [-0.25, -0.2) is 0 Å². The number of nitrogens with zero attached hydrogens (tertiary/aromatic N) is 1. The third-order valence-corrected chi connectivity index (χ3v) is 6.90. The first-order chi connectivity index (χ1) is 15.6. The second-order valence-electron chi connectivity index (χ2n) is 7.96. The van der Waals surface area contributed by atoms with Crippen LogP contribution in [0.1, 0.15) is 21.6 Å². The van der Waals surface area contributed by atoms with Crippen molar-refractivity contribution in [1.82, 2.24) is 10.2 Å². The molecular weight excluding hydrogens is 414 g/mol. The summed E-state index contributed by atoms with van der Waals surface area (Å²) in [7, 11) is 0. The smallest absolute Gasteiger partial charge is 0.264 e. The zero-order valence-corrected chi connectivity index (χ0v) is 18.5. The Labute approximate surface area is 191 Å². The van der Waals surface area contributed by atoms with Crippen molar-refractivity contribution in [3.63, 3.8) is 0 Å². The Morgan fingerprint density at radius 2 is 1.53 bits per heavy atom. The van der Waals surface area contributed by atoms with Crippen LogP contribution >= 0.6 is 11.3 Å². The molecule has 0 radical (unpaired) electrons. The fourth-order valence-electron chi connectivity index (χ4n) is 4.28. The lowest BCUT2D eigenvalue weighted by Gasteiger charge is -2.28. The molecule has 0 atom stereocenters. The van der Waals surface area contributed by atoms with Crippen LogP contribution in [0, 0.1) is 12.3 Å². The number of hydrogen-bond donors (Lipinski definition) is 2. The fourth-order valence-corrected chi connectivity index (χ4v) is 5.15. The summed E-state index contributed by atoms with van der Waals surface area (Å²) >= 11 is 1.75. The van der Waals surface area contributed by atoms with Crippen LogP contribution in [0.4, 0.5) is 0 Å². The molecule has 0 aliphatic carbocycles. The van der Waals surface area contributed by atoms with Crippen LogP contribution in [0.5, 0.6) is 0 Å². The lowest BCUT2D eigenvalue weighted by molar-refractivity contribution is -0.130. The molecule has 5 heteroatoms. The summed E-state index contributed by atoms with van der Waals surface area (Å²) in [6, 6.07) is 31.8. The van der Waals surface area contributed by atoms with E-state index in [2.05, 4.69) is 36.5 Å². The monoisotopic (exact) mass is 437 g/mol. The Balaban J connectivity index is 1.52. The third kappa shape index (κ3) is 3.41. The van der Waals surface area contributed by atoms with Crippen LogP contribution in [-0.4, -0.2) is 16.8 Å². The first-order valence-corrected chi connectivity index (χ1v) is 11.3. The second kappa shape index (κ2) is 8.09. The summed E-state index contributed by atoms with van der Waals surface area (Å²) in [5.41, 5.74) is 2.66. The summed E-state index contributed by atoms with van der Waals surface area (Å²) in [6.45, 7) is 2.44. The van der Waals surface area contributed by atoms with Crippen molar-refractivity contribution in [2.24, 2.45) is 0 Å². The maximum Gasteiger partial charge on any atom is 0.264 e. The molecular formula is C27H23N3OS. The zero-order chi connectivity index (χ0) is 22.1. The third-order valence-electron chi connectivity index (χ3n) is 5.85. The summed E-state index contributed by atoms with van der Waals surface area (Å²) in [5.74, 6) is -0.0302. The van der Waals surface area contributed by atoms with Gasteiger partial charge in [-0.3, -0.25) is 15.1 Å². The van der Waals surface area contributed by atoms with E-state index in [0.717, 1.165) is 22.3 Å². The number of thiophene rings is 1. The molecule has 1 saturated heterocycles. The Bertz CT molecular complexity index is 1240. The van der Waals surface area contributed by atoms with Crippen molar-refractivity contribution in [3.05, 3.63) is 119 Å². The van der Waals surface area contributed by atoms with E-state index in [-0.39, 0.29) is 11.9 Å². The van der Waals surface area contributed by atoms with Gasteiger partial charge in [-0.05, 0) is 47.4 Å². The Hall–Kier alpha value is -3.70. The summed E-state index contributed by atoms with van der Waals surface area (Å²) in [4.78, 5) is 17.9. The molecule has 1 aromatic heterocycles. The molecule has 0 spiro atoms. The number of carbonyl (C=O) groups excluding carboxylic acids is 1. The fraction of sp³-hybridized carbons (Fsp3) is 0.111. The summed E-state index contributed by atoms with van der Waals surface area (Å²) in [5, 5.41) is 11.9. The standard InChI is InChI=1S/C27H23N3OS/c1-19-15-16-24(32-19)21-10-8-9-20(17-21)18-30-25(31)27(29-26(30)28,22-11-4-2-5-12-22)23-13-6-3-7-14-23/h2-17H,18H2,1H3,(H2,28,29). The number of rotatable bonds is 5. The highest BCUT2D eigenvalue weighted by Gasteiger charge is 2.52. The number of guanidine groups is 1. The largest absolute Gasteiger partial charge is 0.334 e. The van der Waals surface area contributed by atoms with Gasteiger partial charge in [0.05, 0.1) is 6.54 Å². The van der Waals surface area contributed by atoms with E-state index < -0.39 is 5.54 Å². The van der Waals surface area contributed by atoms with Gasteiger partial charge in [-0.1, -0.05) is 78.9 Å². The first-order valence-electron chi connectivity index (χ1n) is 10.5. The molecule has 1 aliphatic heterocycles. The lowest BCUT2D eigenvalue weighted by atomic mass is 9.82. The van der Waals surface area contributed by atoms with Crippen LogP contribution in [0.2, 0.25) is 0 Å². The number of amides is 1. The van der Waals surface area contributed by atoms with E-state index in [4.69, 9.17) is 5.41 Å². The minimum atomic E-state index is -1.11. The molecule has 0 saturated carbocycles. The van der Waals surface area contributed by atoms with Gasteiger partial charge < -0.3 is 5.32 Å². The predicted octanol–water partition coefficient (Wildman–Crippen LogP) is 5.53. The number of nitrogens with one attached hydrogen (secondary N) is 2. The van der Waals surface area contributed by atoms with Gasteiger partial charge >= 0.3 is 0 Å². The van der Waals surface area contributed by atoms with Crippen molar-refractivity contribution in [1.29, 1.82) is 5.41 Å². The molecule has 32 heavy (non-hydrogen) atoms. The van der Waals surface area contributed by atoms with Crippen molar-refractivity contribution in [2.75, 3.05) is 0 Å². The Kier molecular flexibility index (Phi) is 5.11. The second-order valence-corrected chi connectivity index (χ2v) is 9.25. The maximum atomic E-state index is 13.9. The molecule has 2 heterocycles. The van der Waals surface area contributed by atoms with Crippen molar-refractivity contribution >= 4 is 23.2 Å². The van der Waals surface area contributed by atoms with Crippen LogP contribution in [0.3, 0.4) is 0 Å². The highest BCUT2D eigenvalue weighted by molar-refractivity contribution is 7.15. The van der Waals surface area contributed by atoms with E-state index >= 15 is 0 Å². The van der Waals surface area contributed by atoms with Gasteiger partial charge in [0.2, 0.25) is 0 Å². The number of carbonyl (C=O) groups is 1. The number of aryl methyl sites for hydroxylation is 1. The molecule has 1 amide bonds. The molecule has 0 bridgehead atoms. The molecule has 4 nitrogen and oxygen atoms in total. The molecule has 1 aliphatic rings. The van der Waals surface area contributed by atoms with Crippen molar-refractivity contribution in [2.45, 2.75) is 19.0 Å². The molecule has 158 valence electrons. The topological polar surface area (TPSA) is 56.2 Å². The van der Waals surface area contributed by atoms with Gasteiger partial charge in [0.1, 0.15) is 0 Å². The number of benzene rings is 3. The zero-order valence-electron chi connectivity index (χ0n) is 17.7. The van der Waals surface area contributed by atoms with Gasteiger partial charge in [-0.2, -0.15) is 0 Å². The van der Waals surface area contributed by atoms with Gasteiger partial charge in [0.25, 0.3) is 5.91 Å². The normalized spacial score (nSPS) is 15.1. The maximum absolute atomic E-state index is 13.9. The molecule has 1 fully saturated rings. The van der Waals surface area contributed by atoms with Crippen LogP contribution in [0.15, 0.2) is 97.1 Å². The minimum Gasteiger partial charge on any atom is -0.334 e. The molecule has 4 aromatic rings. The average molecular weight is 438 g/mol. The van der Waals surface area contributed by atoms with E-state index in [9.17, 15) is 4.79 Å². The Morgan fingerprint density at radius 3 is 2.12 bits per heavy atom. The lowest BCUT2D eigenvalue weighted by Crippen LogP contribution is -2.45. The van der Waals surface area contributed by atoms with E-state index in [0.29, 0.717) is 6.54 Å². The molecule has 5 rings (SSSR count). The first kappa shape index (κ1) is 20.2. The van der Waals surface area contributed by atoms with E-state index in [1.807, 2.05) is 72.8 Å².